The fraction of sp³-hybridized carbons (Fsp3) is 0.353. The van der Waals surface area contributed by atoms with Crippen molar-refractivity contribution in [1.29, 1.82) is 0 Å². The maximum atomic E-state index is 12.7. The highest BCUT2D eigenvalue weighted by atomic mass is 35.5. The summed E-state index contributed by atoms with van der Waals surface area (Å²) < 4.78 is 25.4. The smallest absolute Gasteiger partial charge is 0.243 e. The maximum absolute atomic E-state index is 12.7. The third kappa shape index (κ3) is 4.86. The van der Waals surface area contributed by atoms with Crippen LogP contribution in [0.5, 0.6) is 0 Å². The first-order valence-corrected chi connectivity index (χ1v) is 10.6. The van der Waals surface area contributed by atoms with Crippen molar-refractivity contribution in [2.45, 2.75) is 0 Å². The number of hydrogen-bond acceptors (Lipinski definition) is 6. The standard InChI is InChI=1S/C17H20ClN5O3S/c1-27(25,26)23(15-5-2-4-14(18)12-15)13-16(24)21-8-10-22(11-9-21)17-19-6-3-7-20-17/h2-7,12H,8-11,13H2,1H3. The van der Waals surface area contributed by atoms with Gasteiger partial charge in [-0.2, -0.15) is 0 Å². The van der Waals surface area contributed by atoms with Crippen LogP contribution in [0.4, 0.5) is 11.6 Å². The van der Waals surface area contributed by atoms with Crippen LogP contribution in [0.15, 0.2) is 42.7 Å². The Hall–Kier alpha value is -2.39. The van der Waals surface area contributed by atoms with Crippen LogP contribution >= 0.6 is 11.6 Å². The van der Waals surface area contributed by atoms with Crippen LogP contribution in [-0.4, -0.2) is 68.2 Å². The summed E-state index contributed by atoms with van der Waals surface area (Å²) in [6.45, 7) is 1.87. The molecular weight excluding hydrogens is 390 g/mol. The fourth-order valence-electron chi connectivity index (χ4n) is 2.86. The lowest BCUT2D eigenvalue weighted by Crippen LogP contribution is -2.52. The predicted octanol–water partition coefficient (Wildman–Crippen LogP) is 1.24. The second-order valence-electron chi connectivity index (χ2n) is 6.17. The minimum absolute atomic E-state index is 0.256. The molecule has 3 rings (SSSR count). The van der Waals surface area contributed by atoms with Gasteiger partial charge in [-0.05, 0) is 24.3 Å². The summed E-state index contributed by atoms with van der Waals surface area (Å²) in [6, 6.07) is 8.20. The van der Waals surface area contributed by atoms with Crippen LogP contribution in [0.2, 0.25) is 5.02 Å². The van der Waals surface area contributed by atoms with Crippen molar-refractivity contribution in [3.63, 3.8) is 0 Å². The SMILES string of the molecule is CS(=O)(=O)N(CC(=O)N1CCN(c2ncccn2)CC1)c1cccc(Cl)c1. The van der Waals surface area contributed by atoms with Gasteiger partial charge < -0.3 is 9.80 Å². The van der Waals surface area contributed by atoms with E-state index in [9.17, 15) is 13.2 Å². The number of hydrogen-bond donors (Lipinski definition) is 0. The molecule has 1 fully saturated rings. The first kappa shape index (κ1) is 19.4. The molecule has 0 bridgehead atoms. The summed E-state index contributed by atoms with van der Waals surface area (Å²) in [4.78, 5) is 24.8. The van der Waals surface area contributed by atoms with Crippen LogP contribution in [0.3, 0.4) is 0 Å². The molecule has 0 N–H and O–H groups in total. The Morgan fingerprint density at radius 3 is 2.41 bits per heavy atom. The maximum Gasteiger partial charge on any atom is 0.243 e. The molecule has 2 aromatic rings. The van der Waals surface area contributed by atoms with Gasteiger partial charge in [-0.25, -0.2) is 18.4 Å². The largest absolute Gasteiger partial charge is 0.338 e. The normalized spacial score (nSPS) is 14.9. The van der Waals surface area contributed by atoms with Gasteiger partial charge in [0.05, 0.1) is 11.9 Å². The van der Waals surface area contributed by atoms with E-state index >= 15 is 0 Å². The van der Waals surface area contributed by atoms with Crippen LogP contribution < -0.4 is 9.21 Å². The van der Waals surface area contributed by atoms with Crippen molar-refractivity contribution in [1.82, 2.24) is 14.9 Å². The molecule has 1 aromatic carbocycles. The molecule has 1 saturated heterocycles. The fourth-order valence-corrected chi connectivity index (χ4v) is 3.89. The van der Waals surface area contributed by atoms with Crippen molar-refractivity contribution in [2.24, 2.45) is 0 Å². The number of piperazine rings is 1. The zero-order valence-corrected chi connectivity index (χ0v) is 16.4. The summed E-state index contributed by atoms with van der Waals surface area (Å²) in [7, 11) is -3.63. The highest BCUT2D eigenvalue weighted by Crippen LogP contribution is 2.22. The number of nitrogens with zero attached hydrogens (tertiary/aromatic N) is 5. The van der Waals surface area contributed by atoms with Gasteiger partial charge in [-0.15, -0.1) is 0 Å². The van der Waals surface area contributed by atoms with E-state index in [0.717, 1.165) is 10.6 Å². The molecule has 0 radical (unpaired) electrons. The Bertz CT molecular complexity index is 902. The molecule has 0 unspecified atom stereocenters. The Kier molecular flexibility index (Phi) is 5.81. The number of aromatic nitrogens is 2. The Morgan fingerprint density at radius 2 is 1.81 bits per heavy atom. The van der Waals surface area contributed by atoms with Gasteiger partial charge in [0.25, 0.3) is 0 Å². The van der Waals surface area contributed by atoms with E-state index in [1.165, 1.54) is 6.07 Å². The monoisotopic (exact) mass is 409 g/mol. The molecule has 10 heteroatoms. The lowest BCUT2D eigenvalue weighted by atomic mass is 10.3. The number of benzene rings is 1. The second-order valence-corrected chi connectivity index (χ2v) is 8.51. The second kappa shape index (κ2) is 8.10. The van der Waals surface area contributed by atoms with E-state index in [2.05, 4.69) is 9.97 Å². The average Bonchev–Trinajstić information content (AvgIpc) is 2.66. The number of amides is 1. The first-order valence-electron chi connectivity index (χ1n) is 8.37. The van der Waals surface area contributed by atoms with Crippen molar-refractivity contribution >= 4 is 39.2 Å². The molecule has 1 aromatic heterocycles. The number of carbonyl (C=O) groups excluding carboxylic acids is 1. The van der Waals surface area contributed by atoms with Gasteiger partial charge in [-0.3, -0.25) is 9.10 Å². The minimum Gasteiger partial charge on any atom is -0.338 e. The molecule has 1 aliphatic rings. The van der Waals surface area contributed by atoms with Crippen molar-refractivity contribution < 1.29 is 13.2 Å². The first-order chi connectivity index (χ1) is 12.8. The van der Waals surface area contributed by atoms with Crippen LogP contribution in [0.1, 0.15) is 0 Å². The molecule has 1 amide bonds. The van der Waals surface area contributed by atoms with Crippen molar-refractivity contribution in [3.8, 4) is 0 Å². The van der Waals surface area contributed by atoms with Gasteiger partial charge >= 0.3 is 0 Å². The summed E-state index contributed by atoms with van der Waals surface area (Å²) in [5.41, 5.74) is 0.370. The molecule has 2 heterocycles. The molecule has 0 saturated carbocycles. The van der Waals surface area contributed by atoms with Gasteiger partial charge in [-0.1, -0.05) is 17.7 Å². The lowest BCUT2D eigenvalue weighted by Gasteiger charge is -2.35. The number of anilines is 2. The van der Waals surface area contributed by atoms with E-state index in [1.807, 2.05) is 4.90 Å². The van der Waals surface area contributed by atoms with E-state index in [-0.39, 0.29) is 12.5 Å². The van der Waals surface area contributed by atoms with Gasteiger partial charge in [0, 0.05) is 43.6 Å². The van der Waals surface area contributed by atoms with Crippen molar-refractivity contribution in [2.75, 3.05) is 48.2 Å². The zero-order valence-electron chi connectivity index (χ0n) is 14.8. The molecule has 0 atom stereocenters. The molecular formula is C17H20ClN5O3S. The molecule has 0 aliphatic carbocycles. The Labute approximate surface area is 163 Å². The van der Waals surface area contributed by atoms with E-state index < -0.39 is 10.0 Å². The number of halogens is 1. The van der Waals surface area contributed by atoms with Crippen molar-refractivity contribution in [3.05, 3.63) is 47.7 Å². The molecule has 27 heavy (non-hydrogen) atoms. The zero-order chi connectivity index (χ0) is 19.4. The van der Waals surface area contributed by atoms with Gasteiger partial charge in [0.1, 0.15) is 6.54 Å². The van der Waals surface area contributed by atoms with Crippen LogP contribution in [0, 0.1) is 0 Å². The van der Waals surface area contributed by atoms with Gasteiger partial charge in [0.2, 0.25) is 21.9 Å². The topological polar surface area (TPSA) is 86.7 Å². The van der Waals surface area contributed by atoms with Crippen LogP contribution in [0.25, 0.3) is 0 Å². The molecule has 0 spiro atoms. The molecule has 8 nitrogen and oxygen atoms in total. The summed E-state index contributed by atoms with van der Waals surface area (Å²) >= 11 is 5.96. The minimum atomic E-state index is -3.63. The van der Waals surface area contributed by atoms with E-state index in [0.29, 0.717) is 42.8 Å². The van der Waals surface area contributed by atoms with Crippen LogP contribution in [-0.2, 0) is 14.8 Å². The number of sulfonamides is 1. The number of rotatable bonds is 5. The third-order valence-corrected chi connectivity index (χ3v) is 5.62. The summed E-state index contributed by atoms with van der Waals surface area (Å²) in [6.07, 6.45) is 4.43. The highest BCUT2D eigenvalue weighted by molar-refractivity contribution is 7.92. The quantitative estimate of drug-likeness (QED) is 0.738. The van der Waals surface area contributed by atoms with Gasteiger partial charge in [0.15, 0.2) is 0 Å². The summed E-state index contributed by atoms with van der Waals surface area (Å²) in [5, 5.41) is 0.407. The highest BCUT2D eigenvalue weighted by Gasteiger charge is 2.27. The van der Waals surface area contributed by atoms with E-state index in [4.69, 9.17) is 11.6 Å². The Balaban J connectivity index is 1.67. The molecule has 1 aliphatic heterocycles. The third-order valence-electron chi connectivity index (χ3n) is 4.24. The lowest BCUT2D eigenvalue weighted by molar-refractivity contribution is -0.129. The van der Waals surface area contributed by atoms with E-state index in [1.54, 1.807) is 41.6 Å². The predicted molar refractivity (Wildman–Crippen MR) is 104 cm³/mol. The Morgan fingerprint density at radius 1 is 1.15 bits per heavy atom. The summed E-state index contributed by atoms with van der Waals surface area (Å²) in [5.74, 6) is 0.371. The molecule has 144 valence electrons. The average molecular weight is 410 g/mol. The number of carbonyl (C=O) groups is 1.